The Morgan fingerprint density at radius 2 is 1.56 bits per heavy atom. The predicted molar refractivity (Wildman–Crippen MR) is 200 cm³/mol. The minimum atomic E-state index is -0.304. The number of rotatable bonds is 15. The zero-order chi connectivity index (χ0) is 37.4. The van der Waals surface area contributed by atoms with Crippen molar-refractivity contribution < 1.29 is 18.7 Å². The van der Waals surface area contributed by atoms with Crippen LogP contribution in [0.3, 0.4) is 0 Å². The first kappa shape index (κ1) is 35.7. The van der Waals surface area contributed by atoms with Crippen LogP contribution in [0.5, 0.6) is 0 Å². The van der Waals surface area contributed by atoms with Crippen LogP contribution in [0.25, 0.3) is 33.4 Å². The molecule has 0 radical (unpaired) electrons. The molecular formula is C34H40N16O4. The Morgan fingerprint density at radius 1 is 0.833 bits per heavy atom. The highest BCUT2D eigenvalue weighted by molar-refractivity contribution is 5.99. The zero-order valence-electron chi connectivity index (χ0n) is 29.4. The monoisotopic (exact) mass is 736 g/mol. The van der Waals surface area contributed by atoms with Crippen LogP contribution >= 0.6 is 0 Å². The predicted octanol–water partition coefficient (Wildman–Crippen LogP) is 1.02. The first-order chi connectivity index (χ1) is 26.3. The van der Waals surface area contributed by atoms with Crippen LogP contribution in [0.2, 0.25) is 0 Å². The molecule has 8 N–H and O–H groups in total. The van der Waals surface area contributed by atoms with Gasteiger partial charge in [0.25, 0.3) is 11.9 Å². The van der Waals surface area contributed by atoms with E-state index in [1.165, 1.54) is 18.7 Å². The van der Waals surface area contributed by atoms with Crippen LogP contribution in [-0.2, 0) is 16.1 Å². The normalized spacial score (nSPS) is 13.1. The number of piperazine rings is 1. The Hall–Kier alpha value is -6.70. The number of aromatic nitrogens is 9. The van der Waals surface area contributed by atoms with E-state index in [4.69, 9.17) is 31.5 Å². The first-order valence-electron chi connectivity index (χ1n) is 17.5. The maximum Gasteiger partial charge on any atom is 0.292 e. The van der Waals surface area contributed by atoms with Gasteiger partial charge >= 0.3 is 0 Å². The lowest BCUT2D eigenvalue weighted by Gasteiger charge is -2.34. The lowest BCUT2D eigenvalue weighted by molar-refractivity contribution is -0.122. The van der Waals surface area contributed by atoms with E-state index in [0.717, 1.165) is 18.4 Å². The second kappa shape index (κ2) is 16.3. The molecule has 1 aliphatic rings. The molecule has 5 aromatic heterocycles. The largest absolute Gasteiger partial charge is 0.424 e. The number of carbonyl (C=O) groups is 2. The number of ether oxygens (including phenoxy) is 1. The zero-order valence-corrected chi connectivity index (χ0v) is 29.4. The van der Waals surface area contributed by atoms with Crippen LogP contribution in [0.15, 0.2) is 53.7 Å². The summed E-state index contributed by atoms with van der Waals surface area (Å²) in [5, 5.41) is 11.1. The molecule has 1 fully saturated rings. The number of nitrogen functional groups attached to an aromatic ring is 3. The lowest BCUT2D eigenvalue weighted by atomic mass is 10.1. The van der Waals surface area contributed by atoms with Crippen molar-refractivity contribution in [2.24, 2.45) is 0 Å². The summed E-state index contributed by atoms with van der Waals surface area (Å²) >= 11 is 0. The molecule has 0 spiro atoms. The van der Waals surface area contributed by atoms with Crippen molar-refractivity contribution in [1.29, 1.82) is 0 Å². The molecular weight excluding hydrogens is 696 g/mol. The Kier molecular flexibility index (Phi) is 10.8. The molecule has 0 saturated carbocycles. The van der Waals surface area contributed by atoms with Gasteiger partial charge in [-0.3, -0.25) is 9.59 Å². The van der Waals surface area contributed by atoms with E-state index < -0.39 is 0 Å². The molecule has 280 valence electrons. The van der Waals surface area contributed by atoms with Gasteiger partial charge in [-0.05, 0) is 31.0 Å². The van der Waals surface area contributed by atoms with Gasteiger partial charge in [-0.1, -0.05) is 0 Å². The number of fused-ring (bicyclic) bond motifs is 2. The van der Waals surface area contributed by atoms with Crippen LogP contribution < -0.4 is 37.6 Å². The number of unbranched alkanes of at least 4 members (excludes halogenated alkanes) is 1. The lowest BCUT2D eigenvalue weighted by Crippen LogP contribution is -2.47. The van der Waals surface area contributed by atoms with Crippen molar-refractivity contribution in [1.82, 2.24) is 55.3 Å². The Balaban J connectivity index is 0.769. The summed E-state index contributed by atoms with van der Waals surface area (Å²) < 4.78 is 12.7. The van der Waals surface area contributed by atoms with Gasteiger partial charge < -0.3 is 46.8 Å². The summed E-state index contributed by atoms with van der Waals surface area (Å²) in [4.78, 5) is 59.2. The number of nitrogens with two attached hydrogens (primary N) is 3. The smallest absolute Gasteiger partial charge is 0.292 e. The molecule has 1 aromatic carbocycles. The maximum atomic E-state index is 12.6. The minimum absolute atomic E-state index is 0.0884. The van der Waals surface area contributed by atoms with Crippen molar-refractivity contribution in [3.8, 4) is 11.3 Å². The molecule has 7 rings (SSSR count). The summed E-state index contributed by atoms with van der Waals surface area (Å²) in [5.41, 5.74) is 21.7. The quantitative estimate of drug-likeness (QED) is 0.0921. The minimum Gasteiger partial charge on any atom is -0.424 e. The van der Waals surface area contributed by atoms with E-state index in [9.17, 15) is 9.59 Å². The third kappa shape index (κ3) is 8.33. The maximum absolute atomic E-state index is 12.6. The molecule has 1 saturated heterocycles. The van der Waals surface area contributed by atoms with Crippen molar-refractivity contribution in [2.45, 2.75) is 25.8 Å². The number of amides is 2. The number of oxazole rings is 1. The average molecular weight is 737 g/mol. The molecule has 6 aromatic rings. The standard InChI is InChI=1S/C34H40N16O4/c35-23-18-42-34(43-19-23)49-11-9-48(10-12-49)33-40-16-22(17-41-33)31(52)39-7-14-53-13-5-26(51)38-6-1-2-8-50-30-27(29(36)44-20-45-30)28(47-50)21-3-4-25-24(15-21)46-32(37)54-25/h3-4,15-20H,1-2,5-14,35H2,(H2,37,46)(H,38,51)(H,39,52)(H2,36,44,45). The highest BCUT2D eigenvalue weighted by Crippen LogP contribution is 2.32. The number of hydrogen-bond donors (Lipinski definition) is 5. The number of nitrogens with one attached hydrogen (secondary N) is 2. The molecule has 6 heterocycles. The summed E-state index contributed by atoms with van der Waals surface area (Å²) in [7, 11) is 0. The summed E-state index contributed by atoms with van der Waals surface area (Å²) in [6.07, 6.45) is 9.28. The van der Waals surface area contributed by atoms with Gasteiger partial charge in [-0.2, -0.15) is 10.1 Å². The molecule has 0 bridgehead atoms. The molecule has 0 atom stereocenters. The fourth-order valence-electron chi connectivity index (χ4n) is 5.99. The van der Waals surface area contributed by atoms with Crippen molar-refractivity contribution in [2.75, 3.05) is 79.5 Å². The summed E-state index contributed by atoms with van der Waals surface area (Å²) in [6.45, 7) is 4.62. The van der Waals surface area contributed by atoms with Crippen molar-refractivity contribution >= 4 is 63.4 Å². The molecule has 1 aliphatic heterocycles. The van der Waals surface area contributed by atoms with E-state index in [1.807, 2.05) is 17.0 Å². The second-order valence-corrected chi connectivity index (χ2v) is 12.5. The Bertz CT molecular complexity index is 2220. The van der Waals surface area contributed by atoms with Crippen LogP contribution in [0.1, 0.15) is 29.6 Å². The number of benzene rings is 1. The highest BCUT2D eigenvalue weighted by Gasteiger charge is 2.22. The third-order valence-electron chi connectivity index (χ3n) is 8.76. The van der Waals surface area contributed by atoms with Gasteiger partial charge in [-0.25, -0.2) is 34.6 Å². The summed E-state index contributed by atoms with van der Waals surface area (Å²) in [6, 6.07) is 5.57. The Morgan fingerprint density at radius 3 is 2.30 bits per heavy atom. The Labute approximate surface area is 308 Å². The van der Waals surface area contributed by atoms with E-state index in [-0.39, 0.29) is 44.0 Å². The van der Waals surface area contributed by atoms with Gasteiger partial charge in [-0.15, -0.1) is 0 Å². The van der Waals surface area contributed by atoms with Gasteiger partial charge in [0, 0.05) is 70.2 Å². The van der Waals surface area contributed by atoms with Crippen LogP contribution in [-0.4, -0.2) is 109 Å². The van der Waals surface area contributed by atoms with Gasteiger partial charge in [0.05, 0.1) is 42.2 Å². The molecule has 0 unspecified atom stereocenters. The fraction of sp³-hybridized carbons (Fsp3) is 0.353. The molecule has 20 heteroatoms. The molecule has 20 nitrogen and oxygen atoms in total. The van der Waals surface area contributed by atoms with Gasteiger partial charge in [0.2, 0.25) is 17.8 Å². The van der Waals surface area contributed by atoms with Crippen LogP contribution in [0.4, 0.5) is 29.4 Å². The number of anilines is 5. The first-order valence-corrected chi connectivity index (χ1v) is 17.5. The van der Waals surface area contributed by atoms with Crippen LogP contribution in [0, 0.1) is 0 Å². The summed E-state index contributed by atoms with van der Waals surface area (Å²) in [5.74, 6) is 1.09. The van der Waals surface area contributed by atoms with Gasteiger partial charge in [0.1, 0.15) is 23.4 Å². The average Bonchev–Trinajstić information content (AvgIpc) is 3.76. The van der Waals surface area contributed by atoms with E-state index >= 15 is 0 Å². The molecule has 54 heavy (non-hydrogen) atoms. The fourth-order valence-corrected chi connectivity index (χ4v) is 5.99. The molecule has 2 amide bonds. The third-order valence-corrected chi connectivity index (χ3v) is 8.76. The van der Waals surface area contributed by atoms with Crippen molar-refractivity contribution in [3.05, 3.63) is 54.9 Å². The number of carbonyl (C=O) groups excluding carboxylic acids is 2. The number of aryl methyl sites for hydroxylation is 1. The van der Waals surface area contributed by atoms with E-state index in [2.05, 4.69) is 50.4 Å². The number of nitrogens with zero attached hydrogens (tertiary/aromatic N) is 11. The second-order valence-electron chi connectivity index (χ2n) is 12.5. The highest BCUT2D eigenvalue weighted by atomic mass is 16.5. The van der Waals surface area contributed by atoms with Gasteiger partial charge in [0.15, 0.2) is 11.2 Å². The van der Waals surface area contributed by atoms with E-state index in [0.29, 0.717) is 96.1 Å². The molecule has 0 aliphatic carbocycles. The van der Waals surface area contributed by atoms with E-state index in [1.54, 1.807) is 23.1 Å². The number of hydrogen-bond acceptors (Lipinski definition) is 17. The SMILES string of the molecule is Nc1cnc(N2CCN(c3ncc(C(=O)NCCOCCC(=O)NCCCCn4nc(-c5ccc6oc(N)nc6c5)c5c(N)ncnc54)cn3)CC2)nc1. The van der Waals surface area contributed by atoms with Crippen molar-refractivity contribution in [3.63, 3.8) is 0 Å². The topological polar surface area (TPSA) is 273 Å².